The molecule has 2 rings (SSSR count). The lowest BCUT2D eigenvalue weighted by atomic mass is 9.85. The van der Waals surface area contributed by atoms with Gasteiger partial charge in [-0.05, 0) is 52.1 Å². The molecule has 21 heavy (non-hydrogen) atoms. The van der Waals surface area contributed by atoms with Crippen LogP contribution in [0.5, 0.6) is 0 Å². The lowest BCUT2D eigenvalue weighted by Crippen LogP contribution is -2.49. The molecular formula is C17H30N2OS. The highest BCUT2D eigenvalue weighted by Gasteiger charge is 2.36. The van der Waals surface area contributed by atoms with Crippen LogP contribution in [0.3, 0.4) is 0 Å². The molecule has 0 radical (unpaired) electrons. The van der Waals surface area contributed by atoms with Gasteiger partial charge in [-0.15, -0.1) is 11.3 Å². The van der Waals surface area contributed by atoms with Crippen LogP contribution in [0.1, 0.15) is 32.1 Å². The van der Waals surface area contributed by atoms with Crippen LogP contribution in [0.4, 0.5) is 0 Å². The van der Waals surface area contributed by atoms with Crippen LogP contribution in [0.25, 0.3) is 0 Å². The second-order valence-electron chi connectivity index (χ2n) is 7.47. The van der Waals surface area contributed by atoms with E-state index in [9.17, 15) is 0 Å². The van der Waals surface area contributed by atoms with Crippen molar-refractivity contribution in [2.75, 3.05) is 39.9 Å². The molecule has 0 amide bonds. The van der Waals surface area contributed by atoms with Crippen molar-refractivity contribution in [1.82, 2.24) is 10.2 Å². The van der Waals surface area contributed by atoms with E-state index in [-0.39, 0.29) is 11.0 Å². The quantitative estimate of drug-likeness (QED) is 0.838. The van der Waals surface area contributed by atoms with Gasteiger partial charge in [0.05, 0.1) is 6.61 Å². The topological polar surface area (TPSA) is 24.5 Å². The Hall–Kier alpha value is -0.420. The zero-order valence-electron chi connectivity index (χ0n) is 13.9. The molecule has 1 aliphatic heterocycles. The first-order valence-corrected chi connectivity index (χ1v) is 8.80. The summed E-state index contributed by atoms with van der Waals surface area (Å²) in [7, 11) is 2.24. The molecular weight excluding hydrogens is 280 g/mol. The predicted octanol–water partition coefficient (Wildman–Crippen LogP) is 3.02. The van der Waals surface area contributed by atoms with E-state index in [1.54, 1.807) is 0 Å². The van der Waals surface area contributed by atoms with Crippen LogP contribution < -0.4 is 5.32 Å². The van der Waals surface area contributed by atoms with Gasteiger partial charge in [-0.1, -0.05) is 6.07 Å². The molecule has 1 aromatic rings. The molecule has 1 aromatic heterocycles. The van der Waals surface area contributed by atoms with Gasteiger partial charge in [-0.3, -0.25) is 0 Å². The Labute approximate surface area is 133 Å². The highest BCUT2D eigenvalue weighted by atomic mass is 32.1. The summed E-state index contributed by atoms with van der Waals surface area (Å²) >= 11 is 1.86. The summed E-state index contributed by atoms with van der Waals surface area (Å²) in [6.07, 6.45) is 2.32. The molecule has 1 atom stereocenters. The number of hydrogen-bond acceptors (Lipinski definition) is 4. The minimum atomic E-state index is 0.172. The number of rotatable bonds is 7. The minimum absolute atomic E-state index is 0.172. The first-order chi connectivity index (χ1) is 9.89. The standard InChI is InChI=1S/C17H30N2OS/c1-16(2,3)18-12-17(8-10-20-14-17)13-19(4)9-7-15-6-5-11-21-15/h5-6,11,18H,7-10,12-14H2,1-4H3. The molecule has 0 spiro atoms. The Morgan fingerprint density at radius 1 is 1.43 bits per heavy atom. The number of hydrogen-bond donors (Lipinski definition) is 1. The van der Waals surface area contributed by atoms with Gasteiger partial charge in [0.1, 0.15) is 0 Å². The van der Waals surface area contributed by atoms with Crippen molar-refractivity contribution >= 4 is 11.3 Å². The van der Waals surface area contributed by atoms with Crippen molar-refractivity contribution < 1.29 is 4.74 Å². The van der Waals surface area contributed by atoms with Crippen molar-refractivity contribution in [3.63, 3.8) is 0 Å². The molecule has 1 N–H and O–H groups in total. The Kier molecular flexibility index (Phi) is 5.83. The fourth-order valence-electron chi connectivity index (χ4n) is 2.83. The first kappa shape index (κ1) is 16.9. The molecule has 1 fully saturated rings. The summed E-state index contributed by atoms with van der Waals surface area (Å²) in [5.41, 5.74) is 0.447. The fourth-order valence-corrected chi connectivity index (χ4v) is 3.53. The molecule has 0 bridgehead atoms. The minimum Gasteiger partial charge on any atom is -0.381 e. The van der Waals surface area contributed by atoms with Crippen LogP contribution in [0.15, 0.2) is 17.5 Å². The molecule has 120 valence electrons. The van der Waals surface area contributed by atoms with E-state index >= 15 is 0 Å². The van der Waals surface area contributed by atoms with Crippen LogP contribution in [-0.4, -0.2) is 50.3 Å². The molecule has 1 saturated heterocycles. The normalized spacial score (nSPS) is 23.1. The lowest BCUT2D eigenvalue weighted by Gasteiger charge is -2.35. The van der Waals surface area contributed by atoms with Crippen LogP contribution >= 0.6 is 11.3 Å². The molecule has 0 aromatic carbocycles. The first-order valence-electron chi connectivity index (χ1n) is 7.92. The average Bonchev–Trinajstić information content (AvgIpc) is 3.05. The van der Waals surface area contributed by atoms with Gasteiger partial charge in [0.2, 0.25) is 0 Å². The monoisotopic (exact) mass is 310 g/mol. The Bertz CT molecular complexity index is 405. The Morgan fingerprint density at radius 2 is 2.24 bits per heavy atom. The van der Waals surface area contributed by atoms with Crippen molar-refractivity contribution in [1.29, 1.82) is 0 Å². The number of thiophene rings is 1. The molecule has 2 heterocycles. The third kappa shape index (κ3) is 5.70. The zero-order chi connectivity index (χ0) is 15.3. The highest BCUT2D eigenvalue weighted by molar-refractivity contribution is 7.09. The van der Waals surface area contributed by atoms with E-state index < -0.39 is 0 Å². The van der Waals surface area contributed by atoms with E-state index in [2.05, 4.69) is 55.5 Å². The van der Waals surface area contributed by atoms with E-state index in [0.717, 1.165) is 39.3 Å². The van der Waals surface area contributed by atoms with E-state index in [1.807, 2.05) is 11.3 Å². The third-order valence-corrected chi connectivity index (χ3v) is 5.04. The molecule has 1 aliphatic rings. The summed E-state index contributed by atoms with van der Waals surface area (Å²) in [5, 5.41) is 5.84. The van der Waals surface area contributed by atoms with Crippen molar-refractivity contribution in [2.24, 2.45) is 5.41 Å². The SMILES string of the molecule is CN(CCc1cccs1)CC1(CNC(C)(C)C)CCOC1. The van der Waals surface area contributed by atoms with Crippen LogP contribution in [0, 0.1) is 5.41 Å². The summed E-state index contributed by atoms with van der Waals surface area (Å²) in [4.78, 5) is 3.95. The largest absolute Gasteiger partial charge is 0.381 e. The van der Waals surface area contributed by atoms with Gasteiger partial charge in [-0.25, -0.2) is 0 Å². The van der Waals surface area contributed by atoms with Gasteiger partial charge < -0.3 is 15.0 Å². The smallest absolute Gasteiger partial charge is 0.0547 e. The van der Waals surface area contributed by atoms with Crippen molar-refractivity contribution in [3.05, 3.63) is 22.4 Å². The average molecular weight is 311 g/mol. The Balaban J connectivity index is 1.83. The molecule has 0 aliphatic carbocycles. The molecule has 3 nitrogen and oxygen atoms in total. The summed E-state index contributed by atoms with van der Waals surface area (Å²) in [6, 6.07) is 4.37. The van der Waals surface area contributed by atoms with E-state index in [1.165, 1.54) is 11.3 Å². The van der Waals surface area contributed by atoms with E-state index in [0.29, 0.717) is 0 Å². The van der Waals surface area contributed by atoms with Gasteiger partial charge in [0.25, 0.3) is 0 Å². The van der Waals surface area contributed by atoms with Crippen molar-refractivity contribution in [2.45, 2.75) is 39.2 Å². The molecule has 4 heteroatoms. The maximum absolute atomic E-state index is 5.71. The van der Waals surface area contributed by atoms with Gasteiger partial charge in [-0.2, -0.15) is 0 Å². The van der Waals surface area contributed by atoms with Crippen LogP contribution in [0.2, 0.25) is 0 Å². The third-order valence-electron chi connectivity index (χ3n) is 4.10. The van der Waals surface area contributed by atoms with Gasteiger partial charge in [0.15, 0.2) is 0 Å². The van der Waals surface area contributed by atoms with Crippen molar-refractivity contribution in [3.8, 4) is 0 Å². The second kappa shape index (κ2) is 7.23. The maximum atomic E-state index is 5.71. The second-order valence-corrected chi connectivity index (χ2v) is 8.51. The molecule has 0 saturated carbocycles. The van der Waals surface area contributed by atoms with Crippen LogP contribution in [-0.2, 0) is 11.2 Å². The Morgan fingerprint density at radius 3 is 2.81 bits per heavy atom. The zero-order valence-corrected chi connectivity index (χ0v) is 14.8. The number of nitrogens with one attached hydrogen (secondary N) is 1. The summed E-state index contributed by atoms with van der Waals surface area (Å²) < 4.78 is 5.71. The predicted molar refractivity (Wildman–Crippen MR) is 91.1 cm³/mol. The van der Waals surface area contributed by atoms with E-state index in [4.69, 9.17) is 4.74 Å². The molecule has 1 unspecified atom stereocenters. The summed E-state index contributed by atoms with van der Waals surface area (Å²) in [5.74, 6) is 0. The fraction of sp³-hybridized carbons (Fsp3) is 0.765. The number of ether oxygens (including phenoxy) is 1. The lowest BCUT2D eigenvalue weighted by molar-refractivity contribution is 0.113. The maximum Gasteiger partial charge on any atom is 0.0547 e. The number of likely N-dealkylation sites (N-methyl/N-ethyl adjacent to an activating group) is 1. The highest BCUT2D eigenvalue weighted by Crippen LogP contribution is 2.29. The van der Waals surface area contributed by atoms with Gasteiger partial charge >= 0.3 is 0 Å². The summed E-state index contributed by atoms with van der Waals surface area (Å²) in [6.45, 7) is 11.8. The number of nitrogens with zero attached hydrogens (tertiary/aromatic N) is 1. The van der Waals surface area contributed by atoms with Gasteiger partial charge in [0, 0.05) is 42.1 Å².